The Morgan fingerprint density at radius 1 is 1.33 bits per heavy atom. The topological polar surface area (TPSA) is 38.8 Å². The molecule has 0 radical (unpaired) electrons. The molecule has 1 fully saturated rings. The maximum absolute atomic E-state index is 11.9. The molecule has 0 bridgehead atoms. The van der Waals surface area contributed by atoms with Crippen LogP contribution < -0.4 is 0 Å². The van der Waals surface area contributed by atoms with E-state index in [-0.39, 0.29) is 5.97 Å². The highest BCUT2D eigenvalue weighted by Gasteiger charge is 2.32. The van der Waals surface area contributed by atoms with Gasteiger partial charge in [-0.1, -0.05) is 18.2 Å². The van der Waals surface area contributed by atoms with Gasteiger partial charge in [0.15, 0.2) is 0 Å². The Morgan fingerprint density at radius 3 is 2.67 bits per heavy atom. The van der Waals surface area contributed by atoms with Crippen LogP contribution in [0.15, 0.2) is 24.3 Å². The van der Waals surface area contributed by atoms with Crippen molar-refractivity contribution in [3.63, 3.8) is 0 Å². The number of hydrogen-bond acceptors (Lipinski definition) is 4. The van der Waals surface area contributed by atoms with Gasteiger partial charge in [0.1, 0.15) is 0 Å². The van der Waals surface area contributed by atoms with Crippen LogP contribution in [0.4, 0.5) is 0 Å². The lowest BCUT2D eigenvalue weighted by Gasteiger charge is -2.29. The number of rotatable bonds is 8. The highest BCUT2D eigenvalue weighted by atomic mass is 16.5. The number of methoxy groups -OCH3 is 2. The summed E-state index contributed by atoms with van der Waals surface area (Å²) in [7, 11) is 3.15. The summed E-state index contributed by atoms with van der Waals surface area (Å²) in [5.41, 5.74) is 1.68. The zero-order valence-corrected chi connectivity index (χ0v) is 13.2. The monoisotopic (exact) mass is 291 g/mol. The van der Waals surface area contributed by atoms with Crippen molar-refractivity contribution in [2.24, 2.45) is 5.92 Å². The zero-order valence-electron chi connectivity index (χ0n) is 13.2. The molecular formula is C17H25NO3. The van der Waals surface area contributed by atoms with Crippen molar-refractivity contribution in [1.29, 1.82) is 0 Å². The van der Waals surface area contributed by atoms with Gasteiger partial charge in [0.25, 0.3) is 0 Å². The summed E-state index contributed by atoms with van der Waals surface area (Å²) in [4.78, 5) is 14.3. The summed E-state index contributed by atoms with van der Waals surface area (Å²) in [5, 5.41) is 0. The van der Waals surface area contributed by atoms with Gasteiger partial charge in [-0.3, -0.25) is 4.90 Å². The maximum Gasteiger partial charge on any atom is 0.338 e. The van der Waals surface area contributed by atoms with Gasteiger partial charge in [0.2, 0.25) is 0 Å². The fourth-order valence-corrected chi connectivity index (χ4v) is 2.70. The fraction of sp³-hybridized carbons (Fsp3) is 0.588. The van der Waals surface area contributed by atoms with Crippen LogP contribution in [0.25, 0.3) is 0 Å². The Hall–Kier alpha value is -1.39. The van der Waals surface area contributed by atoms with Gasteiger partial charge in [0.05, 0.1) is 19.3 Å². The maximum atomic E-state index is 11.9. The highest BCUT2D eigenvalue weighted by Crippen LogP contribution is 2.35. The third kappa shape index (κ3) is 4.29. The molecule has 0 spiro atoms. The first-order chi connectivity index (χ1) is 10.2. The predicted molar refractivity (Wildman–Crippen MR) is 82.3 cm³/mol. The molecule has 21 heavy (non-hydrogen) atoms. The van der Waals surface area contributed by atoms with E-state index in [9.17, 15) is 4.79 Å². The summed E-state index contributed by atoms with van der Waals surface area (Å²) < 4.78 is 10.1. The molecule has 0 N–H and O–H groups in total. The van der Waals surface area contributed by atoms with Crippen molar-refractivity contribution in [1.82, 2.24) is 4.90 Å². The summed E-state index contributed by atoms with van der Waals surface area (Å²) >= 11 is 0. The lowest BCUT2D eigenvalue weighted by Crippen LogP contribution is -2.37. The standard InChI is InChI=1S/C17H25NO3/c1-13(14-8-9-14)18(10-11-20-2)12-15-6-4-5-7-16(15)17(19)21-3/h4-7,13-14H,8-12H2,1-3H3. The number of benzene rings is 1. The van der Waals surface area contributed by atoms with Crippen molar-refractivity contribution in [3.8, 4) is 0 Å². The van der Waals surface area contributed by atoms with Gasteiger partial charge in [-0.25, -0.2) is 4.79 Å². The summed E-state index contributed by atoms with van der Waals surface area (Å²) in [6.07, 6.45) is 2.62. The molecule has 0 aliphatic heterocycles. The molecule has 1 aliphatic carbocycles. The minimum Gasteiger partial charge on any atom is -0.465 e. The molecule has 116 valence electrons. The first kappa shape index (κ1) is 16.0. The van der Waals surface area contributed by atoms with Crippen LogP contribution in [0.5, 0.6) is 0 Å². The fourth-order valence-electron chi connectivity index (χ4n) is 2.70. The van der Waals surface area contributed by atoms with Crippen molar-refractivity contribution < 1.29 is 14.3 Å². The molecule has 1 aromatic carbocycles. The van der Waals surface area contributed by atoms with E-state index >= 15 is 0 Å². The van der Waals surface area contributed by atoms with Gasteiger partial charge < -0.3 is 9.47 Å². The van der Waals surface area contributed by atoms with E-state index in [0.717, 1.165) is 24.6 Å². The SMILES string of the molecule is COCCN(Cc1ccccc1C(=O)OC)C(C)C1CC1. The number of carbonyl (C=O) groups excluding carboxylic acids is 1. The zero-order chi connectivity index (χ0) is 15.2. The molecule has 1 saturated carbocycles. The molecule has 1 aliphatic rings. The van der Waals surface area contributed by atoms with E-state index in [1.807, 2.05) is 24.3 Å². The molecule has 1 aromatic rings. The van der Waals surface area contributed by atoms with Gasteiger partial charge >= 0.3 is 5.97 Å². The van der Waals surface area contributed by atoms with E-state index < -0.39 is 0 Å². The third-order valence-electron chi connectivity index (χ3n) is 4.26. The predicted octanol–water partition coefficient (Wildman–Crippen LogP) is 2.72. The summed E-state index contributed by atoms with van der Waals surface area (Å²) in [6, 6.07) is 8.20. The van der Waals surface area contributed by atoms with Gasteiger partial charge in [-0.15, -0.1) is 0 Å². The van der Waals surface area contributed by atoms with E-state index in [1.54, 1.807) is 7.11 Å². The largest absolute Gasteiger partial charge is 0.465 e. The van der Waals surface area contributed by atoms with Crippen molar-refractivity contribution in [3.05, 3.63) is 35.4 Å². The number of ether oxygens (including phenoxy) is 2. The Morgan fingerprint density at radius 2 is 2.05 bits per heavy atom. The molecule has 0 heterocycles. The Labute approximate surface area is 127 Å². The first-order valence-corrected chi connectivity index (χ1v) is 7.56. The van der Waals surface area contributed by atoms with E-state index in [4.69, 9.17) is 9.47 Å². The normalized spacial score (nSPS) is 16.0. The van der Waals surface area contributed by atoms with Crippen molar-refractivity contribution in [2.45, 2.75) is 32.4 Å². The highest BCUT2D eigenvalue weighted by molar-refractivity contribution is 5.90. The second-order valence-electron chi connectivity index (χ2n) is 5.69. The van der Waals surface area contributed by atoms with Gasteiger partial charge in [-0.2, -0.15) is 0 Å². The molecule has 0 amide bonds. The smallest absolute Gasteiger partial charge is 0.338 e. The van der Waals surface area contributed by atoms with Crippen LogP contribution in [0.3, 0.4) is 0 Å². The van der Waals surface area contributed by atoms with Crippen molar-refractivity contribution in [2.75, 3.05) is 27.4 Å². The molecule has 1 atom stereocenters. The molecule has 4 heteroatoms. The Balaban J connectivity index is 2.13. The molecule has 0 aromatic heterocycles. The molecular weight excluding hydrogens is 266 g/mol. The number of hydrogen-bond donors (Lipinski definition) is 0. The van der Waals surface area contributed by atoms with Crippen molar-refractivity contribution >= 4 is 5.97 Å². The Bertz CT molecular complexity index is 471. The quantitative estimate of drug-likeness (QED) is 0.690. The number of esters is 1. The molecule has 4 nitrogen and oxygen atoms in total. The number of nitrogens with zero attached hydrogens (tertiary/aromatic N) is 1. The Kier molecular flexibility index (Phi) is 5.76. The van der Waals surface area contributed by atoms with Gasteiger partial charge in [-0.05, 0) is 37.3 Å². The van der Waals surface area contributed by atoms with Crippen LogP contribution in [0, 0.1) is 5.92 Å². The second kappa shape index (κ2) is 7.57. The lowest BCUT2D eigenvalue weighted by molar-refractivity contribution is 0.0596. The van der Waals surface area contributed by atoms with E-state index in [1.165, 1.54) is 20.0 Å². The van der Waals surface area contributed by atoms with Crippen LogP contribution in [-0.4, -0.2) is 44.3 Å². The average Bonchev–Trinajstić information content (AvgIpc) is 3.35. The van der Waals surface area contributed by atoms with Crippen LogP contribution in [0.2, 0.25) is 0 Å². The minimum absolute atomic E-state index is 0.267. The average molecular weight is 291 g/mol. The second-order valence-corrected chi connectivity index (χ2v) is 5.69. The third-order valence-corrected chi connectivity index (χ3v) is 4.26. The molecule has 2 rings (SSSR count). The van der Waals surface area contributed by atoms with Crippen LogP contribution in [-0.2, 0) is 16.0 Å². The van der Waals surface area contributed by atoms with Gasteiger partial charge in [0, 0.05) is 26.2 Å². The molecule has 0 saturated heterocycles. The van der Waals surface area contributed by atoms with Crippen LogP contribution in [0.1, 0.15) is 35.7 Å². The summed E-state index contributed by atoms with van der Waals surface area (Å²) in [5.74, 6) is 0.517. The first-order valence-electron chi connectivity index (χ1n) is 7.56. The van der Waals surface area contributed by atoms with Crippen LogP contribution >= 0.6 is 0 Å². The number of carbonyl (C=O) groups is 1. The molecule has 1 unspecified atom stereocenters. The van der Waals surface area contributed by atoms with E-state index in [0.29, 0.717) is 18.2 Å². The lowest BCUT2D eigenvalue weighted by atomic mass is 10.1. The summed E-state index contributed by atoms with van der Waals surface area (Å²) in [6.45, 7) is 4.61. The minimum atomic E-state index is -0.267. The van der Waals surface area contributed by atoms with E-state index in [2.05, 4.69) is 11.8 Å².